The van der Waals surface area contributed by atoms with Gasteiger partial charge in [0.25, 0.3) is 0 Å². The van der Waals surface area contributed by atoms with Gasteiger partial charge in [-0.1, -0.05) is 53.4 Å². The van der Waals surface area contributed by atoms with Gasteiger partial charge in [0.05, 0.1) is 0 Å². The van der Waals surface area contributed by atoms with Gasteiger partial charge in [-0.2, -0.15) is 0 Å². The number of hydrogen-bond acceptors (Lipinski definition) is 6. The molecular formula is C12H14N4OS2. The van der Waals surface area contributed by atoms with Crippen molar-refractivity contribution < 1.29 is 4.79 Å². The highest BCUT2D eigenvalue weighted by molar-refractivity contribution is 8.01. The summed E-state index contributed by atoms with van der Waals surface area (Å²) in [5, 5.41) is 7.81. The van der Waals surface area contributed by atoms with Gasteiger partial charge in [-0.15, -0.1) is 10.2 Å². The lowest BCUT2D eigenvalue weighted by atomic mass is 10.1. The molecule has 0 bridgehead atoms. The number of benzene rings is 1. The smallest absolute Gasteiger partial charge is 0.240 e. The maximum Gasteiger partial charge on any atom is 0.240 e. The number of anilines is 1. The van der Waals surface area contributed by atoms with Gasteiger partial charge < -0.3 is 10.6 Å². The Morgan fingerprint density at radius 2 is 2.00 bits per heavy atom. The summed E-state index contributed by atoms with van der Waals surface area (Å²) in [7, 11) is 3.49. The molecule has 0 aliphatic carbocycles. The molecule has 7 heteroatoms. The molecule has 2 rings (SSSR count). The standard InChI is InChI=1S/C12H14N4OS2/c1-16(2)10(17)9(8-6-4-3-5-7-8)18-12-15-14-11(13)19-12/h3-7,9H,1-2H3,(H2,13,14). The summed E-state index contributed by atoms with van der Waals surface area (Å²) in [6.45, 7) is 0. The molecule has 1 unspecified atom stereocenters. The fourth-order valence-corrected chi connectivity index (χ4v) is 3.47. The van der Waals surface area contributed by atoms with E-state index < -0.39 is 0 Å². The minimum absolute atomic E-state index is 0.0185. The van der Waals surface area contributed by atoms with E-state index in [1.165, 1.54) is 23.1 Å². The lowest BCUT2D eigenvalue weighted by Crippen LogP contribution is -2.26. The van der Waals surface area contributed by atoms with Crippen molar-refractivity contribution in [3.8, 4) is 0 Å². The van der Waals surface area contributed by atoms with E-state index in [4.69, 9.17) is 5.73 Å². The van der Waals surface area contributed by atoms with Gasteiger partial charge >= 0.3 is 0 Å². The van der Waals surface area contributed by atoms with E-state index in [0.717, 1.165) is 5.56 Å². The number of thioether (sulfide) groups is 1. The van der Waals surface area contributed by atoms with Gasteiger partial charge in [0.15, 0.2) is 4.34 Å². The van der Waals surface area contributed by atoms with E-state index >= 15 is 0 Å². The minimum Gasteiger partial charge on any atom is -0.374 e. The van der Waals surface area contributed by atoms with Crippen LogP contribution in [0.2, 0.25) is 0 Å². The van der Waals surface area contributed by atoms with Crippen molar-refractivity contribution in [2.45, 2.75) is 9.59 Å². The van der Waals surface area contributed by atoms with Crippen LogP contribution in [0.5, 0.6) is 0 Å². The van der Waals surface area contributed by atoms with Gasteiger partial charge in [-0.3, -0.25) is 4.79 Å². The lowest BCUT2D eigenvalue weighted by Gasteiger charge is -2.19. The fourth-order valence-electron chi connectivity index (χ4n) is 1.49. The quantitative estimate of drug-likeness (QED) is 0.874. The Balaban J connectivity index is 2.27. The number of nitrogens with two attached hydrogens (primary N) is 1. The third kappa shape index (κ3) is 3.45. The van der Waals surface area contributed by atoms with Crippen molar-refractivity contribution in [1.82, 2.24) is 15.1 Å². The van der Waals surface area contributed by atoms with Gasteiger partial charge in [0.2, 0.25) is 11.0 Å². The Morgan fingerprint density at radius 1 is 1.32 bits per heavy atom. The molecule has 1 aromatic heterocycles. The van der Waals surface area contributed by atoms with Crippen LogP contribution >= 0.6 is 23.1 Å². The molecule has 0 fully saturated rings. The summed E-state index contributed by atoms with van der Waals surface area (Å²) in [5.74, 6) is 0.0185. The number of rotatable bonds is 4. The van der Waals surface area contributed by atoms with Crippen molar-refractivity contribution in [1.29, 1.82) is 0 Å². The number of carbonyl (C=O) groups excluding carboxylic acids is 1. The molecule has 0 saturated heterocycles. The van der Waals surface area contributed by atoms with Gasteiger partial charge in [-0.25, -0.2) is 0 Å². The fraction of sp³-hybridized carbons (Fsp3) is 0.250. The maximum atomic E-state index is 12.3. The second-order valence-corrected chi connectivity index (χ2v) is 6.41. The zero-order valence-electron chi connectivity index (χ0n) is 10.6. The van der Waals surface area contributed by atoms with E-state index in [-0.39, 0.29) is 11.2 Å². The molecule has 100 valence electrons. The molecule has 2 N–H and O–H groups in total. The van der Waals surface area contributed by atoms with Crippen LogP contribution in [0.3, 0.4) is 0 Å². The van der Waals surface area contributed by atoms with E-state index in [1.54, 1.807) is 19.0 Å². The van der Waals surface area contributed by atoms with E-state index in [9.17, 15) is 4.79 Å². The van der Waals surface area contributed by atoms with Crippen molar-refractivity contribution in [2.75, 3.05) is 19.8 Å². The zero-order valence-corrected chi connectivity index (χ0v) is 12.2. The normalized spacial score (nSPS) is 12.1. The van der Waals surface area contributed by atoms with E-state index in [2.05, 4.69) is 10.2 Å². The topological polar surface area (TPSA) is 72.1 Å². The monoisotopic (exact) mass is 294 g/mol. The highest BCUT2D eigenvalue weighted by Crippen LogP contribution is 2.38. The third-order valence-corrected chi connectivity index (χ3v) is 4.49. The predicted octanol–water partition coefficient (Wildman–Crippen LogP) is 2.04. The number of amides is 1. The SMILES string of the molecule is CN(C)C(=O)C(Sc1nnc(N)s1)c1ccccc1. The summed E-state index contributed by atoms with van der Waals surface area (Å²) in [5.41, 5.74) is 6.51. The largest absolute Gasteiger partial charge is 0.374 e. The molecule has 1 aromatic carbocycles. The van der Waals surface area contributed by atoms with Crippen LogP contribution in [0.4, 0.5) is 5.13 Å². The average molecular weight is 294 g/mol. The van der Waals surface area contributed by atoms with Crippen LogP contribution in [0, 0.1) is 0 Å². The number of hydrogen-bond donors (Lipinski definition) is 1. The summed E-state index contributed by atoms with van der Waals surface area (Å²) in [6.07, 6.45) is 0. The Kier molecular flexibility index (Phi) is 4.39. The molecule has 0 aliphatic rings. The molecule has 1 heterocycles. The van der Waals surface area contributed by atoms with Crippen LogP contribution < -0.4 is 5.73 Å². The molecule has 1 atom stereocenters. The first-order chi connectivity index (χ1) is 9.08. The van der Waals surface area contributed by atoms with Crippen molar-refractivity contribution in [3.05, 3.63) is 35.9 Å². The average Bonchev–Trinajstić information content (AvgIpc) is 2.81. The van der Waals surface area contributed by atoms with Gasteiger partial charge in [-0.05, 0) is 5.56 Å². The van der Waals surface area contributed by atoms with Crippen molar-refractivity contribution in [3.63, 3.8) is 0 Å². The summed E-state index contributed by atoms with van der Waals surface area (Å²) >= 11 is 2.66. The predicted molar refractivity (Wildman–Crippen MR) is 78.1 cm³/mol. The summed E-state index contributed by atoms with van der Waals surface area (Å²) < 4.78 is 0.696. The molecule has 1 amide bonds. The first kappa shape index (κ1) is 13.8. The van der Waals surface area contributed by atoms with Gasteiger partial charge in [0.1, 0.15) is 5.25 Å². The second-order valence-electron chi connectivity index (χ2n) is 4.05. The molecule has 0 aliphatic heterocycles. The molecule has 2 aromatic rings. The lowest BCUT2D eigenvalue weighted by molar-refractivity contribution is -0.128. The molecule has 0 saturated carbocycles. The summed E-state index contributed by atoms with van der Waals surface area (Å²) in [6, 6.07) is 9.63. The Hall–Kier alpha value is -1.60. The van der Waals surface area contributed by atoms with Crippen LogP contribution in [-0.2, 0) is 4.79 Å². The highest BCUT2D eigenvalue weighted by atomic mass is 32.2. The van der Waals surface area contributed by atoms with E-state index in [1.807, 2.05) is 30.3 Å². The van der Waals surface area contributed by atoms with Crippen LogP contribution in [0.15, 0.2) is 34.7 Å². The number of nitrogen functional groups attached to an aromatic ring is 1. The third-order valence-electron chi connectivity index (χ3n) is 2.41. The number of likely N-dealkylation sites (N-methyl/N-ethyl adjacent to an activating group) is 1. The van der Waals surface area contributed by atoms with Gasteiger partial charge in [0, 0.05) is 14.1 Å². The Morgan fingerprint density at radius 3 is 2.53 bits per heavy atom. The highest BCUT2D eigenvalue weighted by Gasteiger charge is 2.25. The zero-order chi connectivity index (χ0) is 13.8. The molecule has 0 spiro atoms. The first-order valence-electron chi connectivity index (χ1n) is 5.59. The maximum absolute atomic E-state index is 12.3. The van der Waals surface area contributed by atoms with Crippen molar-refractivity contribution in [2.24, 2.45) is 0 Å². The second kappa shape index (κ2) is 6.03. The number of carbonyl (C=O) groups is 1. The minimum atomic E-state index is -0.330. The van der Waals surface area contributed by atoms with E-state index in [0.29, 0.717) is 9.47 Å². The Labute approximate surface area is 119 Å². The molecule has 0 radical (unpaired) electrons. The van der Waals surface area contributed by atoms with Crippen LogP contribution in [0.25, 0.3) is 0 Å². The molecule has 5 nitrogen and oxygen atoms in total. The molecular weight excluding hydrogens is 280 g/mol. The van der Waals surface area contributed by atoms with Crippen LogP contribution in [0.1, 0.15) is 10.8 Å². The Bertz CT molecular complexity index is 556. The van der Waals surface area contributed by atoms with Crippen molar-refractivity contribution >= 4 is 34.1 Å². The van der Waals surface area contributed by atoms with Crippen LogP contribution in [-0.4, -0.2) is 35.1 Å². The number of nitrogens with zero attached hydrogens (tertiary/aromatic N) is 3. The number of aromatic nitrogens is 2. The summed E-state index contributed by atoms with van der Waals surface area (Å²) in [4.78, 5) is 13.9. The molecule has 19 heavy (non-hydrogen) atoms. The first-order valence-corrected chi connectivity index (χ1v) is 7.29.